The van der Waals surface area contributed by atoms with Crippen molar-refractivity contribution in [2.24, 2.45) is 11.8 Å². The van der Waals surface area contributed by atoms with E-state index in [0.29, 0.717) is 17.7 Å². The van der Waals surface area contributed by atoms with Gasteiger partial charge in [0.25, 0.3) is 0 Å². The summed E-state index contributed by atoms with van der Waals surface area (Å²) in [6.07, 6.45) is 0.553. The Morgan fingerprint density at radius 2 is 1.80 bits per heavy atom. The minimum absolute atomic E-state index is 0.0923. The van der Waals surface area contributed by atoms with Gasteiger partial charge in [0, 0.05) is 5.69 Å². The third kappa shape index (κ3) is 4.04. The first-order valence-corrected chi connectivity index (χ1v) is 8.25. The Morgan fingerprint density at radius 3 is 2.52 bits per heavy atom. The molecule has 2 amide bonds. The van der Waals surface area contributed by atoms with E-state index in [0.717, 1.165) is 5.56 Å². The predicted octanol–water partition coefficient (Wildman–Crippen LogP) is 3.01. The Balaban J connectivity index is 1.54. The largest absolute Gasteiger partial charge is 0.349 e. The zero-order valence-corrected chi connectivity index (χ0v) is 13.9. The van der Waals surface area contributed by atoms with Gasteiger partial charge in [-0.25, -0.2) is 0 Å². The van der Waals surface area contributed by atoms with Gasteiger partial charge in [0.05, 0.1) is 29.5 Å². The number of nitrogens with one attached hydrogen (secondary N) is 2. The molecule has 2 aromatic carbocycles. The second-order valence-corrected chi connectivity index (χ2v) is 6.27. The monoisotopic (exact) mass is 333 g/mol. The zero-order chi connectivity index (χ0) is 17.8. The van der Waals surface area contributed by atoms with E-state index >= 15 is 0 Å². The van der Waals surface area contributed by atoms with Crippen molar-refractivity contribution in [3.05, 3.63) is 65.7 Å². The average Bonchev–Trinajstić information content (AvgIpc) is 3.43. The molecule has 0 aromatic heterocycles. The molecule has 5 heteroatoms. The van der Waals surface area contributed by atoms with Crippen LogP contribution in [0.15, 0.2) is 54.6 Å². The van der Waals surface area contributed by atoms with Crippen molar-refractivity contribution in [3.63, 3.8) is 0 Å². The summed E-state index contributed by atoms with van der Waals surface area (Å²) in [5.74, 6) is -0.871. The van der Waals surface area contributed by atoms with Gasteiger partial charge in [0.15, 0.2) is 0 Å². The maximum Gasteiger partial charge on any atom is 0.228 e. The molecule has 0 spiro atoms. The minimum Gasteiger partial charge on any atom is -0.349 e. The molecule has 0 saturated heterocycles. The fourth-order valence-electron chi connectivity index (χ4n) is 2.82. The lowest BCUT2D eigenvalue weighted by Crippen LogP contribution is -2.29. The van der Waals surface area contributed by atoms with Crippen LogP contribution in [0.5, 0.6) is 0 Å². The molecule has 3 atom stereocenters. The van der Waals surface area contributed by atoms with Crippen molar-refractivity contribution in [1.82, 2.24) is 5.32 Å². The molecule has 2 aromatic rings. The van der Waals surface area contributed by atoms with Gasteiger partial charge in [-0.15, -0.1) is 0 Å². The summed E-state index contributed by atoms with van der Waals surface area (Å²) in [7, 11) is 0. The second kappa shape index (κ2) is 7.18. The van der Waals surface area contributed by atoms with E-state index < -0.39 is 0 Å². The third-order valence-corrected chi connectivity index (χ3v) is 4.38. The van der Waals surface area contributed by atoms with Crippen LogP contribution in [-0.4, -0.2) is 11.8 Å². The molecule has 5 nitrogen and oxygen atoms in total. The lowest BCUT2D eigenvalue weighted by molar-refractivity contribution is -0.125. The molecule has 0 aliphatic heterocycles. The van der Waals surface area contributed by atoms with Crippen molar-refractivity contribution < 1.29 is 9.59 Å². The predicted molar refractivity (Wildman–Crippen MR) is 94.4 cm³/mol. The van der Waals surface area contributed by atoms with Crippen LogP contribution in [0.4, 0.5) is 5.69 Å². The third-order valence-electron chi connectivity index (χ3n) is 4.38. The first-order chi connectivity index (χ1) is 12.1. The SMILES string of the molecule is CC(NC(=O)C1CC1C(=O)Nc1cccc(C#N)c1)c1ccccc1. The Morgan fingerprint density at radius 1 is 1.08 bits per heavy atom. The number of carbonyl (C=O) groups excluding carboxylic acids is 2. The summed E-state index contributed by atoms with van der Waals surface area (Å²) in [6, 6.07) is 18.4. The van der Waals surface area contributed by atoms with Crippen molar-refractivity contribution in [1.29, 1.82) is 5.26 Å². The van der Waals surface area contributed by atoms with Gasteiger partial charge in [-0.3, -0.25) is 9.59 Å². The van der Waals surface area contributed by atoms with Gasteiger partial charge in [-0.05, 0) is 37.1 Å². The standard InChI is InChI=1S/C20H19N3O2/c1-13(15-7-3-2-4-8-15)22-19(24)17-11-18(17)20(25)23-16-9-5-6-14(10-16)12-21/h2-10,13,17-18H,11H2,1H3,(H,22,24)(H,23,25). The maximum absolute atomic E-state index is 12.3. The summed E-state index contributed by atoms with van der Waals surface area (Å²) in [5.41, 5.74) is 2.10. The number of benzene rings is 2. The van der Waals surface area contributed by atoms with E-state index in [9.17, 15) is 9.59 Å². The van der Waals surface area contributed by atoms with Crippen molar-refractivity contribution in [2.75, 3.05) is 5.32 Å². The van der Waals surface area contributed by atoms with E-state index in [-0.39, 0.29) is 29.7 Å². The highest BCUT2D eigenvalue weighted by Crippen LogP contribution is 2.40. The quantitative estimate of drug-likeness (QED) is 0.882. The van der Waals surface area contributed by atoms with E-state index in [1.807, 2.05) is 43.3 Å². The van der Waals surface area contributed by atoms with Gasteiger partial charge in [0.1, 0.15) is 0 Å². The van der Waals surface area contributed by atoms with E-state index in [1.165, 1.54) is 0 Å². The number of amides is 2. The van der Waals surface area contributed by atoms with Crippen LogP contribution >= 0.6 is 0 Å². The van der Waals surface area contributed by atoms with Crippen LogP contribution < -0.4 is 10.6 Å². The number of hydrogen-bond donors (Lipinski definition) is 2. The van der Waals surface area contributed by atoms with Crippen LogP contribution in [0, 0.1) is 23.2 Å². The lowest BCUT2D eigenvalue weighted by atomic mass is 10.1. The highest BCUT2D eigenvalue weighted by Gasteiger charge is 2.48. The molecular formula is C20H19N3O2. The molecule has 0 heterocycles. The first kappa shape index (κ1) is 16.7. The number of anilines is 1. The van der Waals surface area contributed by atoms with E-state index in [4.69, 9.17) is 5.26 Å². The normalized spacial score (nSPS) is 19.4. The molecule has 1 saturated carbocycles. The number of hydrogen-bond acceptors (Lipinski definition) is 3. The lowest BCUT2D eigenvalue weighted by Gasteiger charge is -2.14. The van der Waals surface area contributed by atoms with Crippen molar-refractivity contribution >= 4 is 17.5 Å². The fourth-order valence-corrected chi connectivity index (χ4v) is 2.82. The molecule has 0 radical (unpaired) electrons. The highest BCUT2D eigenvalue weighted by molar-refractivity contribution is 5.99. The number of rotatable bonds is 5. The van der Waals surface area contributed by atoms with Crippen molar-refractivity contribution in [3.8, 4) is 6.07 Å². The summed E-state index contributed by atoms with van der Waals surface area (Å²) in [6.45, 7) is 1.93. The van der Waals surface area contributed by atoms with E-state index in [1.54, 1.807) is 24.3 Å². The first-order valence-electron chi connectivity index (χ1n) is 8.25. The Hall–Kier alpha value is -3.13. The van der Waals surface area contributed by atoms with Crippen LogP contribution in [0.1, 0.15) is 30.5 Å². The maximum atomic E-state index is 12.3. The van der Waals surface area contributed by atoms with Crippen LogP contribution in [0.2, 0.25) is 0 Å². The summed E-state index contributed by atoms with van der Waals surface area (Å²) < 4.78 is 0. The molecule has 1 aliphatic carbocycles. The molecule has 3 unspecified atom stereocenters. The number of nitriles is 1. The van der Waals surface area contributed by atoms with Crippen LogP contribution in [0.25, 0.3) is 0 Å². The van der Waals surface area contributed by atoms with Gasteiger partial charge in [-0.1, -0.05) is 36.4 Å². The molecular weight excluding hydrogens is 314 g/mol. The molecule has 1 fully saturated rings. The topological polar surface area (TPSA) is 82.0 Å². The van der Waals surface area contributed by atoms with Gasteiger partial charge < -0.3 is 10.6 Å². The molecule has 0 bridgehead atoms. The molecule has 1 aliphatic rings. The molecule has 3 rings (SSSR count). The smallest absolute Gasteiger partial charge is 0.228 e. The summed E-state index contributed by atoms with van der Waals surface area (Å²) >= 11 is 0. The minimum atomic E-state index is -0.311. The van der Waals surface area contributed by atoms with Gasteiger partial charge in [-0.2, -0.15) is 5.26 Å². The number of nitrogens with zero attached hydrogens (tertiary/aromatic N) is 1. The van der Waals surface area contributed by atoms with Crippen LogP contribution in [-0.2, 0) is 9.59 Å². The van der Waals surface area contributed by atoms with Gasteiger partial charge in [0.2, 0.25) is 11.8 Å². The Labute approximate surface area is 146 Å². The number of carbonyl (C=O) groups is 2. The fraction of sp³-hybridized carbons (Fsp3) is 0.250. The van der Waals surface area contributed by atoms with E-state index in [2.05, 4.69) is 10.6 Å². The zero-order valence-electron chi connectivity index (χ0n) is 13.9. The molecule has 2 N–H and O–H groups in total. The summed E-state index contributed by atoms with van der Waals surface area (Å²) in [5, 5.41) is 14.6. The van der Waals surface area contributed by atoms with Crippen LogP contribution in [0.3, 0.4) is 0 Å². The second-order valence-electron chi connectivity index (χ2n) is 6.27. The molecule has 25 heavy (non-hydrogen) atoms. The summed E-state index contributed by atoms with van der Waals surface area (Å²) in [4.78, 5) is 24.6. The van der Waals surface area contributed by atoms with Crippen molar-refractivity contribution in [2.45, 2.75) is 19.4 Å². The molecule has 126 valence electrons. The van der Waals surface area contributed by atoms with Gasteiger partial charge >= 0.3 is 0 Å². The Bertz CT molecular complexity index is 826. The highest BCUT2D eigenvalue weighted by atomic mass is 16.2. The Kier molecular flexibility index (Phi) is 4.80. The average molecular weight is 333 g/mol.